The van der Waals surface area contributed by atoms with Crippen LogP contribution >= 0.6 is 0 Å². The minimum atomic E-state index is -1.10. The van der Waals surface area contributed by atoms with E-state index in [9.17, 15) is 9.59 Å². The van der Waals surface area contributed by atoms with Crippen molar-refractivity contribution in [2.75, 3.05) is 5.43 Å². The number of nitrogens with one attached hydrogen (secondary N) is 2. The summed E-state index contributed by atoms with van der Waals surface area (Å²) in [5.41, 5.74) is 8.29. The maximum absolute atomic E-state index is 11.1. The molecule has 2 aromatic rings. The van der Waals surface area contributed by atoms with Gasteiger partial charge in [0.25, 0.3) is 0 Å². The summed E-state index contributed by atoms with van der Waals surface area (Å²) >= 11 is 0. The lowest BCUT2D eigenvalue weighted by Gasteiger charge is -2.15. The van der Waals surface area contributed by atoms with Gasteiger partial charge in [0.15, 0.2) is 0 Å². The van der Waals surface area contributed by atoms with Crippen LogP contribution in [0.25, 0.3) is 11.1 Å². The normalized spacial score (nSPS) is 11.7. The van der Waals surface area contributed by atoms with Gasteiger partial charge in [-0.2, -0.15) is 0 Å². The van der Waals surface area contributed by atoms with Crippen molar-refractivity contribution < 1.29 is 19.8 Å². The smallest absolute Gasteiger partial charge is 0.322 e. The van der Waals surface area contributed by atoms with Crippen LogP contribution in [0.4, 0.5) is 5.69 Å². The fraction of sp³-hybridized carbons (Fsp3) is 0.176. The van der Waals surface area contributed by atoms with Gasteiger partial charge < -0.3 is 15.6 Å². The average Bonchev–Trinajstić information content (AvgIpc) is 2.55. The Morgan fingerprint density at radius 1 is 0.913 bits per heavy atom. The second-order valence-electron chi connectivity index (χ2n) is 5.04. The van der Waals surface area contributed by atoms with E-state index in [1.54, 1.807) is 0 Å². The highest BCUT2D eigenvalue weighted by molar-refractivity contribution is 5.75. The van der Waals surface area contributed by atoms with Crippen molar-refractivity contribution in [1.29, 1.82) is 0 Å². The van der Waals surface area contributed by atoms with E-state index in [0.717, 1.165) is 11.1 Å². The van der Waals surface area contributed by atoms with Crippen molar-refractivity contribution in [3.05, 3.63) is 54.6 Å². The first-order valence-electron chi connectivity index (χ1n) is 7.18. The monoisotopic (exact) mass is 314 g/mol. The van der Waals surface area contributed by atoms with Gasteiger partial charge in [0.1, 0.15) is 6.04 Å². The number of hydrogen-bond acceptors (Lipinski definition) is 4. The van der Waals surface area contributed by atoms with E-state index in [4.69, 9.17) is 10.2 Å². The van der Waals surface area contributed by atoms with Crippen molar-refractivity contribution in [2.45, 2.75) is 18.9 Å². The van der Waals surface area contributed by atoms with E-state index in [1.165, 1.54) is 0 Å². The molecule has 0 saturated heterocycles. The number of hydrogen-bond donors (Lipinski definition) is 4. The molecule has 0 unspecified atom stereocenters. The van der Waals surface area contributed by atoms with Gasteiger partial charge in [0.2, 0.25) is 0 Å². The second-order valence-corrected chi connectivity index (χ2v) is 5.04. The number of carbonyl (C=O) groups is 2. The molecule has 0 amide bonds. The fourth-order valence-corrected chi connectivity index (χ4v) is 2.07. The van der Waals surface area contributed by atoms with E-state index >= 15 is 0 Å². The van der Waals surface area contributed by atoms with Gasteiger partial charge in [-0.15, -0.1) is 0 Å². The van der Waals surface area contributed by atoms with Gasteiger partial charge in [-0.3, -0.25) is 9.59 Å². The predicted molar refractivity (Wildman–Crippen MR) is 86.9 cm³/mol. The summed E-state index contributed by atoms with van der Waals surface area (Å²) in [6.07, 6.45) is -0.210. The highest BCUT2D eigenvalue weighted by Gasteiger charge is 2.17. The molecule has 0 aromatic heterocycles. The van der Waals surface area contributed by atoms with Gasteiger partial charge in [0.05, 0.1) is 0 Å². The summed E-state index contributed by atoms with van der Waals surface area (Å²) in [6.45, 7) is 0. The van der Waals surface area contributed by atoms with Crippen LogP contribution in [0, 0.1) is 0 Å². The molecular formula is C17H18N2O4. The van der Waals surface area contributed by atoms with Crippen molar-refractivity contribution in [3.63, 3.8) is 0 Å². The van der Waals surface area contributed by atoms with Gasteiger partial charge >= 0.3 is 11.9 Å². The molecule has 23 heavy (non-hydrogen) atoms. The zero-order chi connectivity index (χ0) is 16.7. The van der Waals surface area contributed by atoms with Crippen LogP contribution in [0.1, 0.15) is 12.8 Å². The van der Waals surface area contributed by atoms with Crippen molar-refractivity contribution in [1.82, 2.24) is 5.43 Å². The Balaban J connectivity index is 1.95. The Labute approximate surface area is 133 Å². The molecule has 6 nitrogen and oxygen atoms in total. The van der Waals surface area contributed by atoms with Crippen LogP contribution < -0.4 is 10.9 Å². The number of benzene rings is 2. The molecule has 0 aliphatic heterocycles. The topological polar surface area (TPSA) is 98.7 Å². The minimum absolute atomic E-state index is 0.000233. The molecule has 0 bridgehead atoms. The lowest BCUT2D eigenvalue weighted by Crippen LogP contribution is -2.40. The highest BCUT2D eigenvalue weighted by atomic mass is 16.4. The quantitative estimate of drug-likeness (QED) is 0.559. The number of hydrazine groups is 1. The summed E-state index contributed by atoms with van der Waals surface area (Å²) in [5.74, 6) is -2.12. The number of carboxylic acids is 2. The van der Waals surface area contributed by atoms with E-state index in [2.05, 4.69) is 10.9 Å². The zero-order valence-corrected chi connectivity index (χ0v) is 12.4. The maximum atomic E-state index is 11.1. The number of rotatable bonds is 8. The van der Waals surface area contributed by atoms with Crippen molar-refractivity contribution in [3.8, 4) is 11.1 Å². The third kappa shape index (κ3) is 5.12. The van der Waals surface area contributed by atoms with Crippen LogP contribution in [-0.4, -0.2) is 28.2 Å². The van der Waals surface area contributed by atoms with Gasteiger partial charge in [-0.1, -0.05) is 42.5 Å². The molecule has 6 heteroatoms. The molecule has 0 aliphatic rings. The summed E-state index contributed by atoms with van der Waals surface area (Å²) < 4.78 is 0. The largest absolute Gasteiger partial charge is 0.481 e. The summed E-state index contributed by atoms with van der Waals surface area (Å²) in [7, 11) is 0. The maximum Gasteiger partial charge on any atom is 0.322 e. The standard InChI is InChI=1S/C17H18N2O4/c20-16(21)11-10-15(17(22)23)19-18-14-8-6-13(7-9-14)12-4-2-1-3-5-12/h1-9,15,18-19H,10-11H2,(H,20,21)(H,22,23)/t15-/m0/s1. The molecule has 0 saturated carbocycles. The Kier molecular flexibility index (Phi) is 5.71. The van der Waals surface area contributed by atoms with Gasteiger partial charge in [0, 0.05) is 12.1 Å². The zero-order valence-electron chi connectivity index (χ0n) is 12.4. The SMILES string of the molecule is O=C(O)CC[C@H](NNc1ccc(-c2ccccc2)cc1)C(=O)O. The van der Waals surface area contributed by atoms with E-state index < -0.39 is 18.0 Å². The predicted octanol–water partition coefficient (Wildman–Crippen LogP) is 2.59. The second kappa shape index (κ2) is 7.95. The number of carboxylic acid groups (broad SMARTS) is 2. The molecule has 2 aromatic carbocycles. The first-order chi connectivity index (χ1) is 11.1. The number of anilines is 1. The van der Waals surface area contributed by atoms with Crippen molar-refractivity contribution >= 4 is 17.6 Å². The minimum Gasteiger partial charge on any atom is -0.481 e. The lowest BCUT2D eigenvalue weighted by atomic mass is 10.1. The molecule has 4 N–H and O–H groups in total. The van der Waals surface area contributed by atoms with Crippen LogP contribution in [0.5, 0.6) is 0 Å². The molecular weight excluding hydrogens is 296 g/mol. The Morgan fingerprint density at radius 3 is 2.09 bits per heavy atom. The Bertz CT molecular complexity index is 656. The molecule has 0 heterocycles. The van der Waals surface area contributed by atoms with E-state index in [0.29, 0.717) is 5.69 Å². The molecule has 0 spiro atoms. The van der Waals surface area contributed by atoms with Gasteiger partial charge in [-0.25, -0.2) is 5.43 Å². The first kappa shape index (κ1) is 16.5. The van der Waals surface area contributed by atoms with Gasteiger partial charge in [-0.05, 0) is 29.7 Å². The molecule has 2 rings (SSSR count). The number of aliphatic carboxylic acids is 2. The van der Waals surface area contributed by atoms with Crippen molar-refractivity contribution in [2.24, 2.45) is 0 Å². The van der Waals surface area contributed by atoms with Crippen LogP contribution in [0.15, 0.2) is 54.6 Å². The lowest BCUT2D eigenvalue weighted by molar-refractivity contribution is -0.140. The average molecular weight is 314 g/mol. The Hall–Kier alpha value is -2.86. The fourth-order valence-electron chi connectivity index (χ4n) is 2.07. The van der Waals surface area contributed by atoms with E-state index in [1.807, 2.05) is 54.6 Å². The Morgan fingerprint density at radius 2 is 1.52 bits per heavy atom. The summed E-state index contributed by atoms with van der Waals surface area (Å²) in [6, 6.07) is 16.4. The van der Waals surface area contributed by atoms with Crippen LogP contribution in [0.3, 0.4) is 0 Å². The molecule has 0 aliphatic carbocycles. The molecule has 0 fully saturated rings. The highest BCUT2D eigenvalue weighted by Crippen LogP contribution is 2.20. The third-order valence-electron chi connectivity index (χ3n) is 3.33. The molecule has 120 valence electrons. The summed E-state index contributed by atoms with van der Waals surface area (Å²) in [5, 5.41) is 17.7. The first-order valence-corrected chi connectivity index (χ1v) is 7.18. The molecule has 0 radical (unpaired) electrons. The summed E-state index contributed by atoms with van der Waals surface area (Å²) in [4.78, 5) is 21.6. The molecule has 1 atom stereocenters. The third-order valence-corrected chi connectivity index (χ3v) is 3.33. The van der Waals surface area contributed by atoms with E-state index in [-0.39, 0.29) is 12.8 Å². The van der Waals surface area contributed by atoms with Crippen LogP contribution in [-0.2, 0) is 9.59 Å². The van der Waals surface area contributed by atoms with Crippen LogP contribution in [0.2, 0.25) is 0 Å².